The predicted octanol–water partition coefficient (Wildman–Crippen LogP) is 3.05. The van der Waals surface area contributed by atoms with E-state index >= 15 is 0 Å². The Morgan fingerprint density at radius 2 is 2.20 bits per heavy atom. The topological polar surface area (TPSA) is 68.0 Å². The molecular weight excluding hydrogens is 295 g/mol. The number of carboxylic acid groups (broad SMARTS) is 1. The lowest BCUT2D eigenvalue weighted by molar-refractivity contribution is -0.136. The second-order valence-electron chi connectivity index (χ2n) is 4.01. The summed E-state index contributed by atoms with van der Waals surface area (Å²) >= 11 is 1.28. The molecule has 0 saturated carbocycles. The first kappa shape index (κ1) is 14.5. The first-order valence-electron chi connectivity index (χ1n) is 5.66. The fraction of sp³-hybridized carbons (Fsp3) is 0.364. The molecule has 0 aromatic carbocycles. The Kier molecular flexibility index (Phi) is 4.07. The maximum Gasteiger partial charge on any atom is 0.389 e. The van der Waals surface area contributed by atoms with Gasteiger partial charge in [0.1, 0.15) is 5.69 Å². The SMILES string of the molecule is O=C(O)c1nnn(CCCC(F)(F)F)c1-c1cccs1. The molecular formula is C11H10F3N3O2S. The van der Waals surface area contributed by atoms with E-state index < -0.39 is 18.6 Å². The van der Waals surface area contributed by atoms with Crippen molar-refractivity contribution in [1.29, 1.82) is 0 Å². The van der Waals surface area contributed by atoms with E-state index in [1.165, 1.54) is 16.0 Å². The molecule has 0 atom stereocenters. The lowest BCUT2D eigenvalue weighted by Crippen LogP contribution is -2.10. The Bertz CT molecular complexity index is 593. The van der Waals surface area contributed by atoms with Crippen LogP contribution in [-0.4, -0.2) is 32.2 Å². The van der Waals surface area contributed by atoms with Crippen LogP contribution in [0.1, 0.15) is 23.3 Å². The molecule has 108 valence electrons. The van der Waals surface area contributed by atoms with Gasteiger partial charge in [-0.05, 0) is 17.9 Å². The zero-order valence-corrected chi connectivity index (χ0v) is 10.9. The zero-order chi connectivity index (χ0) is 14.8. The number of halogens is 3. The van der Waals surface area contributed by atoms with E-state index in [1.54, 1.807) is 17.5 Å². The largest absolute Gasteiger partial charge is 0.476 e. The highest BCUT2D eigenvalue weighted by Crippen LogP contribution is 2.28. The summed E-state index contributed by atoms with van der Waals surface area (Å²) in [6.07, 6.45) is -5.36. The number of alkyl halides is 3. The van der Waals surface area contributed by atoms with Crippen molar-refractivity contribution in [3.05, 3.63) is 23.2 Å². The van der Waals surface area contributed by atoms with Crippen LogP contribution in [0.4, 0.5) is 13.2 Å². The molecule has 0 unspecified atom stereocenters. The van der Waals surface area contributed by atoms with E-state index in [4.69, 9.17) is 5.11 Å². The molecule has 0 bridgehead atoms. The zero-order valence-electron chi connectivity index (χ0n) is 10.1. The molecule has 0 radical (unpaired) electrons. The summed E-state index contributed by atoms with van der Waals surface area (Å²) in [6.45, 7) is -0.0347. The molecule has 0 aliphatic carbocycles. The highest BCUT2D eigenvalue weighted by atomic mass is 32.1. The van der Waals surface area contributed by atoms with E-state index in [9.17, 15) is 18.0 Å². The van der Waals surface area contributed by atoms with Crippen molar-refractivity contribution in [2.45, 2.75) is 25.6 Å². The highest BCUT2D eigenvalue weighted by molar-refractivity contribution is 7.13. The number of carboxylic acids is 1. The van der Waals surface area contributed by atoms with Gasteiger partial charge >= 0.3 is 12.1 Å². The molecule has 1 N–H and O–H groups in total. The molecule has 2 aromatic rings. The van der Waals surface area contributed by atoms with Gasteiger partial charge in [-0.25, -0.2) is 9.48 Å². The van der Waals surface area contributed by atoms with Crippen LogP contribution < -0.4 is 0 Å². The molecule has 2 heterocycles. The molecule has 2 rings (SSSR count). The summed E-state index contributed by atoms with van der Waals surface area (Å²) < 4.78 is 37.6. The first-order valence-corrected chi connectivity index (χ1v) is 6.54. The molecule has 9 heteroatoms. The fourth-order valence-corrected chi connectivity index (χ4v) is 2.47. The van der Waals surface area contributed by atoms with Crippen molar-refractivity contribution in [3.8, 4) is 10.6 Å². The number of nitrogens with zero attached hydrogens (tertiary/aromatic N) is 3. The lowest BCUT2D eigenvalue weighted by Gasteiger charge is -2.07. The Morgan fingerprint density at radius 3 is 2.75 bits per heavy atom. The molecule has 0 aliphatic rings. The van der Waals surface area contributed by atoms with Gasteiger partial charge < -0.3 is 5.11 Å². The summed E-state index contributed by atoms with van der Waals surface area (Å²) in [4.78, 5) is 11.7. The van der Waals surface area contributed by atoms with Gasteiger partial charge in [0.05, 0.1) is 4.88 Å². The number of hydrogen-bond acceptors (Lipinski definition) is 4. The quantitative estimate of drug-likeness (QED) is 0.922. The van der Waals surface area contributed by atoms with Crippen molar-refractivity contribution in [2.75, 3.05) is 0 Å². The number of rotatable bonds is 5. The molecule has 0 spiro atoms. The number of hydrogen-bond donors (Lipinski definition) is 1. The predicted molar refractivity (Wildman–Crippen MR) is 65.6 cm³/mol. The number of carbonyl (C=O) groups is 1. The fourth-order valence-electron chi connectivity index (χ4n) is 1.70. The van der Waals surface area contributed by atoms with Crippen LogP contribution in [0.2, 0.25) is 0 Å². The second kappa shape index (κ2) is 5.61. The lowest BCUT2D eigenvalue weighted by atomic mass is 10.2. The minimum Gasteiger partial charge on any atom is -0.476 e. The molecule has 5 nitrogen and oxygen atoms in total. The molecule has 0 saturated heterocycles. The van der Waals surface area contributed by atoms with Gasteiger partial charge in [-0.3, -0.25) is 0 Å². The maximum atomic E-state index is 12.1. The van der Waals surface area contributed by atoms with Crippen molar-refractivity contribution < 1.29 is 23.1 Å². The highest BCUT2D eigenvalue weighted by Gasteiger charge is 2.27. The number of aryl methyl sites for hydroxylation is 1. The van der Waals surface area contributed by atoms with E-state index in [-0.39, 0.29) is 24.4 Å². The van der Waals surface area contributed by atoms with Crippen LogP contribution in [0.5, 0.6) is 0 Å². The van der Waals surface area contributed by atoms with E-state index in [0.29, 0.717) is 4.88 Å². The van der Waals surface area contributed by atoms with Gasteiger partial charge in [0.15, 0.2) is 5.69 Å². The Balaban J connectivity index is 2.23. The average molecular weight is 305 g/mol. The third kappa shape index (κ3) is 3.35. The maximum absolute atomic E-state index is 12.1. The standard InChI is InChI=1S/C11H10F3N3O2S/c12-11(13,14)4-2-5-17-9(7-3-1-6-20-7)8(10(18)19)15-16-17/h1,3,6H,2,4-5H2,(H,18,19). The van der Waals surface area contributed by atoms with E-state index in [1.807, 2.05) is 0 Å². The number of aromatic carboxylic acids is 1. The van der Waals surface area contributed by atoms with E-state index in [0.717, 1.165) is 0 Å². The normalized spacial score (nSPS) is 11.8. The van der Waals surface area contributed by atoms with Gasteiger partial charge in [-0.15, -0.1) is 16.4 Å². The summed E-state index contributed by atoms with van der Waals surface area (Å²) in [5.41, 5.74) is -0.00543. The third-order valence-corrected chi connectivity index (χ3v) is 3.40. The van der Waals surface area contributed by atoms with Crippen LogP contribution in [0.25, 0.3) is 10.6 Å². The van der Waals surface area contributed by atoms with Gasteiger partial charge in [-0.2, -0.15) is 13.2 Å². The minimum absolute atomic E-state index is 0.0347. The minimum atomic E-state index is -4.24. The van der Waals surface area contributed by atoms with E-state index in [2.05, 4.69) is 10.3 Å². The van der Waals surface area contributed by atoms with Crippen molar-refractivity contribution >= 4 is 17.3 Å². The summed E-state index contributed by atoms with van der Waals surface area (Å²) in [5, 5.41) is 17.9. The molecule has 0 amide bonds. The van der Waals surface area contributed by atoms with Crippen LogP contribution in [0, 0.1) is 0 Å². The van der Waals surface area contributed by atoms with Crippen molar-refractivity contribution in [3.63, 3.8) is 0 Å². The third-order valence-electron chi connectivity index (χ3n) is 2.52. The molecule has 20 heavy (non-hydrogen) atoms. The molecule has 0 aliphatic heterocycles. The second-order valence-corrected chi connectivity index (χ2v) is 4.96. The summed E-state index contributed by atoms with van der Waals surface area (Å²) in [7, 11) is 0. The van der Waals surface area contributed by atoms with Gasteiger partial charge in [-0.1, -0.05) is 11.3 Å². The van der Waals surface area contributed by atoms with Crippen LogP contribution in [0.15, 0.2) is 17.5 Å². The Hall–Kier alpha value is -1.90. The summed E-state index contributed by atoms with van der Waals surface area (Å²) in [5.74, 6) is -1.25. The smallest absolute Gasteiger partial charge is 0.389 e. The van der Waals surface area contributed by atoms with Gasteiger partial charge in [0.25, 0.3) is 0 Å². The number of thiophene rings is 1. The first-order chi connectivity index (χ1) is 9.38. The molecule has 2 aromatic heterocycles. The van der Waals surface area contributed by atoms with Crippen molar-refractivity contribution in [2.24, 2.45) is 0 Å². The van der Waals surface area contributed by atoms with Gasteiger partial charge in [0.2, 0.25) is 0 Å². The summed E-state index contributed by atoms with van der Waals surface area (Å²) in [6, 6.07) is 3.40. The van der Waals surface area contributed by atoms with Crippen LogP contribution in [0.3, 0.4) is 0 Å². The monoisotopic (exact) mass is 305 g/mol. The van der Waals surface area contributed by atoms with Crippen LogP contribution in [-0.2, 0) is 6.54 Å². The van der Waals surface area contributed by atoms with Crippen LogP contribution >= 0.6 is 11.3 Å². The average Bonchev–Trinajstić information content (AvgIpc) is 2.93. The van der Waals surface area contributed by atoms with Gasteiger partial charge in [0, 0.05) is 13.0 Å². The molecule has 0 fully saturated rings. The van der Waals surface area contributed by atoms with Crippen molar-refractivity contribution in [1.82, 2.24) is 15.0 Å². The number of aromatic nitrogens is 3. The Morgan fingerprint density at radius 1 is 1.45 bits per heavy atom. The Labute approximate surface area is 115 Å².